The van der Waals surface area contributed by atoms with Crippen molar-refractivity contribution in [3.8, 4) is 0 Å². The van der Waals surface area contributed by atoms with Gasteiger partial charge in [0.25, 0.3) is 5.69 Å². The summed E-state index contributed by atoms with van der Waals surface area (Å²) in [5, 5.41) is 12.8. The van der Waals surface area contributed by atoms with Gasteiger partial charge in [-0.15, -0.1) is 0 Å². The van der Waals surface area contributed by atoms with Crippen LogP contribution in [0.5, 0.6) is 0 Å². The largest absolute Gasteiger partial charge is 0.412 e. The molecule has 2 aromatic carbocycles. The van der Waals surface area contributed by atoms with E-state index in [1.807, 2.05) is 5.32 Å². The Balaban J connectivity index is 2.19. The quantitative estimate of drug-likeness (QED) is 0.669. The van der Waals surface area contributed by atoms with E-state index < -0.39 is 29.5 Å². The smallest absolute Gasteiger partial charge is 0.341 e. The van der Waals surface area contributed by atoms with E-state index in [-0.39, 0.29) is 16.8 Å². The van der Waals surface area contributed by atoms with Crippen LogP contribution < -0.4 is 5.32 Å². The van der Waals surface area contributed by atoms with Crippen LogP contribution in [0.15, 0.2) is 54.6 Å². The van der Waals surface area contributed by atoms with Gasteiger partial charge < -0.3 is 5.32 Å². The molecule has 0 aliphatic rings. The molecule has 5 nitrogen and oxygen atoms in total. The third-order valence-corrected chi connectivity index (χ3v) is 3.30. The summed E-state index contributed by atoms with van der Waals surface area (Å²) in [7, 11) is 0. The van der Waals surface area contributed by atoms with Gasteiger partial charge in [-0.3, -0.25) is 14.9 Å². The number of benzene rings is 2. The molecule has 0 heterocycles. The molecule has 8 heteroatoms. The molecule has 0 saturated heterocycles. The van der Waals surface area contributed by atoms with Crippen LogP contribution in [-0.2, 0) is 11.2 Å². The van der Waals surface area contributed by atoms with Crippen LogP contribution in [0.25, 0.3) is 0 Å². The minimum atomic E-state index is -4.68. The van der Waals surface area contributed by atoms with Crippen LogP contribution in [0.3, 0.4) is 0 Å². The number of rotatable bonds is 5. The van der Waals surface area contributed by atoms with Gasteiger partial charge in [-0.25, -0.2) is 0 Å². The lowest BCUT2D eigenvalue weighted by Gasteiger charge is -2.22. The number of carbonyl (C=O) groups excluding carboxylic acids is 1. The van der Waals surface area contributed by atoms with E-state index in [2.05, 4.69) is 0 Å². The summed E-state index contributed by atoms with van der Waals surface area (Å²) in [5.41, 5.74) is -0.370. The van der Waals surface area contributed by atoms with Crippen molar-refractivity contribution in [1.29, 1.82) is 0 Å². The average molecular weight is 338 g/mol. The van der Waals surface area contributed by atoms with Crippen LogP contribution in [0.2, 0.25) is 0 Å². The van der Waals surface area contributed by atoms with Gasteiger partial charge >= 0.3 is 6.18 Å². The first kappa shape index (κ1) is 17.5. The van der Waals surface area contributed by atoms with Gasteiger partial charge in [0.2, 0.25) is 5.91 Å². The number of nitro benzene ring substituents is 1. The summed E-state index contributed by atoms with van der Waals surface area (Å²) in [4.78, 5) is 22.2. The molecule has 2 aromatic rings. The summed E-state index contributed by atoms with van der Waals surface area (Å²) >= 11 is 0. The standard InChI is InChI=1S/C16H13F3N2O3/c17-16(18,19)15(11-6-2-1-3-7-11)20-14(22)10-12-8-4-5-9-13(12)21(23)24/h1-9,15H,10H2,(H,20,22). The first-order valence-corrected chi connectivity index (χ1v) is 6.92. The monoisotopic (exact) mass is 338 g/mol. The fraction of sp³-hybridized carbons (Fsp3) is 0.188. The summed E-state index contributed by atoms with van der Waals surface area (Å²) in [6.07, 6.45) is -5.20. The number of nitrogens with zero attached hydrogens (tertiary/aromatic N) is 1. The van der Waals surface area contributed by atoms with E-state index in [1.54, 1.807) is 6.07 Å². The number of nitro groups is 1. The van der Waals surface area contributed by atoms with Crippen molar-refractivity contribution in [2.24, 2.45) is 0 Å². The summed E-state index contributed by atoms with van der Waals surface area (Å²) < 4.78 is 39.6. The van der Waals surface area contributed by atoms with E-state index in [1.165, 1.54) is 48.5 Å². The van der Waals surface area contributed by atoms with Gasteiger partial charge in [0.1, 0.15) is 0 Å². The molecule has 0 fully saturated rings. The van der Waals surface area contributed by atoms with E-state index in [0.29, 0.717) is 0 Å². The van der Waals surface area contributed by atoms with Crippen LogP contribution in [0, 0.1) is 10.1 Å². The lowest BCUT2D eigenvalue weighted by Crippen LogP contribution is -2.38. The first-order valence-electron chi connectivity index (χ1n) is 6.92. The maximum atomic E-state index is 13.2. The van der Waals surface area contributed by atoms with Crippen LogP contribution in [0.4, 0.5) is 18.9 Å². The fourth-order valence-corrected chi connectivity index (χ4v) is 2.22. The average Bonchev–Trinajstić information content (AvgIpc) is 2.52. The van der Waals surface area contributed by atoms with Gasteiger partial charge in [0, 0.05) is 11.6 Å². The molecule has 1 atom stereocenters. The fourth-order valence-electron chi connectivity index (χ4n) is 2.22. The molecule has 0 radical (unpaired) electrons. The maximum Gasteiger partial charge on any atom is 0.412 e. The number of nitrogens with one attached hydrogen (secondary N) is 1. The summed E-state index contributed by atoms with van der Waals surface area (Å²) in [5.74, 6) is -0.949. The first-order chi connectivity index (χ1) is 11.3. The topological polar surface area (TPSA) is 72.2 Å². The highest BCUT2D eigenvalue weighted by molar-refractivity contribution is 5.80. The Morgan fingerprint density at radius 3 is 2.25 bits per heavy atom. The molecule has 1 unspecified atom stereocenters. The summed E-state index contributed by atoms with van der Waals surface area (Å²) in [6.45, 7) is 0. The molecule has 1 N–H and O–H groups in total. The highest BCUT2D eigenvalue weighted by atomic mass is 19.4. The second-order valence-corrected chi connectivity index (χ2v) is 5.02. The molecular weight excluding hydrogens is 325 g/mol. The Labute approximate surface area is 135 Å². The van der Waals surface area contributed by atoms with Crippen molar-refractivity contribution < 1.29 is 22.9 Å². The predicted molar refractivity (Wildman–Crippen MR) is 80.2 cm³/mol. The second kappa shape index (κ2) is 7.12. The molecule has 0 spiro atoms. The summed E-state index contributed by atoms with van der Waals surface area (Å²) in [6, 6.07) is 10.2. The molecule has 1 amide bonds. The molecule has 0 saturated carbocycles. The number of para-hydroxylation sites is 1. The number of alkyl halides is 3. The van der Waals surface area contributed by atoms with Gasteiger partial charge in [-0.2, -0.15) is 13.2 Å². The van der Waals surface area contributed by atoms with Crippen molar-refractivity contribution in [2.75, 3.05) is 0 Å². The van der Waals surface area contributed by atoms with Crippen molar-refractivity contribution in [1.82, 2.24) is 5.32 Å². The van der Waals surface area contributed by atoms with Crippen LogP contribution >= 0.6 is 0 Å². The number of amides is 1. The Morgan fingerprint density at radius 2 is 1.67 bits per heavy atom. The molecular formula is C16H13F3N2O3. The zero-order valence-electron chi connectivity index (χ0n) is 12.3. The van der Waals surface area contributed by atoms with Crippen molar-refractivity contribution in [3.05, 3.63) is 75.8 Å². The maximum absolute atomic E-state index is 13.2. The Kier molecular flexibility index (Phi) is 5.18. The lowest BCUT2D eigenvalue weighted by atomic mass is 10.1. The molecule has 0 aliphatic heterocycles. The molecule has 24 heavy (non-hydrogen) atoms. The van der Waals surface area contributed by atoms with E-state index in [9.17, 15) is 28.1 Å². The van der Waals surface area contributed by atoms with Gasteiger partial charge in [0.05, 0.1) is 11.3 Å². The third-order valence-electron chi connectivity index (χ3n) is 3.30. The van der Waals surface area contributed by atoms with E-state index in [0.717, 1.165) is 0 Å². The molecule has 2 rings (SSSR count). The van der Waals surface area contributed by atoms with Crippen molar-refractivity contribution >= 4 is 11.6 Å². The minimum Gasteiger partial charge on any atom is -0.341 e. The number of carbonyl (C=O) groups is 1. The number of hydrogen-bond acceptors (Lipinski definition) is 3. The van der Waals surface area contributed by atoms with Gasteiger partial charge in [-0.05, 0) is 5.56 Å². The Morgan fingerprint density at radius 1 is 1.08 bits per heavy atom. The molecule has 0 aromatic heterocycles. The van der Waals surface area contributed by atoms with Gasteiger partial charge in [0.15, 0.2) is 6.04 Å². The van der Waals surface area contributed by atoms with Crippen LogP contribution in [-0.4, -0.2) is 17.0 Å². The van der Waals surface area contributed by atoms with E-state index in [4.69, 9.17) is 0 Å². The SMILES string of the molecule is O=C(Cc1ccccc1[N+](=O)[O-])NC(c1ccccc1)C(F)(F)F. The zero-order chi connectivity index (χ0) is 17.7. The third kappa shape index (κ3) is 4.31. The zero-order valence-corrected chi connectivity index (χ0v) is 12.3. The van der Waals surface area contributed by atoms with Crippen molar-refractivity contribution in [2.45, 2.75) is 18.6 Å². The van der Waals surface area contributed by atoms with E-state index >= 15 is 0 Å². The Bertz CT molecular complexity index is 733. The molecule has 0 bridgehead atoms. The molecule has 126 valence electrons. The highest BCUT2D eigenvalue weighted by Gasteiger charge is 2.41. The molecule has 0 aliphatic carbocycles. The second-order valence-electron chi connectivity index (χ2n) is 5.02. The Hall–Kier alpha value is -2.90. The van der Waals surface area contributed by atoms with Gasteiger partial charge in [-0.1, -0.05) is 48.5 Å². The predicted octanol–water partition coefficient (Wildman–Crippen LogP) is 3.56. The normalized spacial score (nSPS) is 12.5. The van der Waals surface area contributed by atoms with Crippen LogP contribution in [0.1, 0.15) is 17.2 Å². The van der Waals surface area contributed by atoms with Crippen molar-refractivity contribution in [3.63, 3.8) is 0 Å². The number of hydrogen-bond donors (Lipinski definition) is 1. The number of halogens is 3. The highest BCUT2D eigenvalue weighted by Crippen LogP contribution is 2.32. The minimum absolute atomic E-state index is 0.0500. The lowest BCUT2D eigenvalue weighted by molar-refractivity contribution is -0.385.